The van der Waals surface area contributed by atoms with Gasteiger partial charge in [0.1, 0.15) is 5.69 Å². The summed E-state index contributed by atoms with van der Waals surface area (Å²) in [6.45, 7) is 3.56. The van der Waals surface area contributed by atoms with Crippen LogP contribution in [0.25, 0.3) is 0 Å². The predicted molar refractivity (Wildman–Crippen MR) is 63.6 cm³/mol. The van der Waals surface area contributed by atoms with Gasteiger partial charge in [-0.1, -0.05) is 0 Å². The molecule has 6 heteroatoms. The molecule has 0 unspecified atom stereocenters. The molecule has 94 valence electrons. The van der Waals surface area contributed by atoms with Crippen molar-refractivity contribution in [1.29, 1.82) is 0 Å². The van der Waals surface area contributed by atoms with Crippen LogP contribution in [0.4, 0.5) is 5.69 Å². The van der Waals surface area contributed by atoms with Crippen molar-refractivity contribution >= 4 is 17.6 Å². The Morgan fingerprint density at radius 1 is 1.53 bits per heavy atom. The first kappa shape index (κ1) is 13.1. The van der Waals surface area contributed by atoms with E-state index in [9.17, 15) is 9.59 Å². The van der Waals surface area contributed by atoms with E-state index in [1.807, 2.05) is 13.8 Å². The molecule has 0 spiro atoms. The Bertz CT molecular complexity index is 424. The normalized spacial score (nSPS) is 10.4. The Hall–Kier alpha value is -1.98. The summed E-state index contributed by atoms with van der Waals surface area (Å²) in [6, 6.07) is 1.63. The number of likely N-dealkylation sites (N-methyl/N-ethyl adjacent to an activating group) is 1. The van der Waals surface area contributed by atoms with Crippen LogP contribution in [0.15, 0.2) is 12.3 Å². The smallest absolute Gasteiger partial charge is 0.355 e. The molecule has 6 nitrogen and oxygen atoms in total. The van der Waals surface area contributed by atoms with Gasteiger partial charge in [0.15, 0.2) is 6.61 Å². The highest BCUT2D eigenvalue weighted by Gasteiger charge is 2.16. The predicted octanol–water partition coefficient (Wildman–Crippen LogP) is 0.554. The van der Waals surface area contributed by atoms with E-state index in [2.05, 4.69) is 5.32 Å². The lowest BCUT2D eigenvalue weighted by Gasteiger charge is -2.11. The van der Waals surface area contributed by atoms with Gasteiger partial charge in [-0.3, -0.25) is 4.79 Å². The van der Waals surface area contributed by atoms with Gasteiger partial charge in [0.05, 0.1) is 5.69 Å². The van der Waals surface area contributed by atoms with Crippen molar-refractivity contribution in [2.45, 2.75) is 19.9 Å². The molecule has 1 amide bonds. The molecule has 0 saturated heterocycles. The van der Waals surface area contributed by atoms with Gasteiger partial charge < -0.3 is 20.4 Å². The number of rotatable bonds is 4. The highest BCUT2D eigenvalue weighted by atomic mass is 16.5. The molecular formula is C11H17N3O3. The zero-order valence-corrected chi connectivity index (χ0v) is 10.2. The zero-order valence-electron chi connectivity index (χ0n) is 10.2. The quantitative estimate of drug-likeness (QED) is 0.751. The fourth-order valence-electron chi connectivity index (χ4n) is 1.37. The first-order chi connectivity index (χ1) is 7.95. The topological polar surface area (TPSA) is 86.3 Å². The number of anilines is 1. The second-order valence-corrected chi connectivity index (χ2v) is 3.91. The van der Waals surface area contributed by atoms with Gasteiger partial charge >= 0.3 is 5.97 Å². The van der Waals surface area contributed by atoms with E-state index < -0.39 is 5.97 Å². The van der Waals surface area contributed by atoms with E-state index in [0.29, 0.717) is 11.4 Å². The lowest BCUT2D eigenvalue weighted by atomic mass is 10.3. The number of nitrogens with two attached hydrogens (primary N) is 1. The molecule has 0 saturated carbocycles. The van der Waals surface area contributed by atoms with E-state index in [-0.39, 0.29) is 18.6 Å². The fourth-order valence-corrected chi connectivity index (χ4v) is 1.37. The summed E-state index contributed by atoms with van der Waals surface area (Å²) in [5, 5.41) is 2.37. The number of carbonyl (C=O) groups excluding carboxylic acids is 2. The highest BCUT2D eigenvalue weighted by molar-refractivity contribution is 5.91. The van der Waals surface area contributed by atoms with Crippen molar-refractivity contribution in [2.24, 2.45) is 0 Å². The minimum atomic E-state index is -0.556. The standard InChI is InChI=1S/C11H17N3O3/c1-7(2)14-5-8(12)4-9(14)11(16)17-6-10(15)13-3/h4-5,7H,6,12H2,1-3H3,(H,13,15). The number of hydrogen-bond acceptors (Lipinski definition) is 4. The van der Waals surface area contributed by atoms with Gasteiger partial charge in [-0.25, -0.2) is 4.79 Å². The largest absolute Gasteiger partial charge is 0.451 e. The van der Waals surface area contributed by atoms with Gasteiger partial charge in [-0.15, -0.1) is 0 Å². The zero-order chi connectivity index (χ0) is 13.0. The molecule has 0 bridgehead atoms. The summed E-state index contributed by atoms with van der Waals surface area (Å²) in [7, 11) is 1.48. The number of carbonyl (C=O) groups is 2. The van der Waals surface area contributed by atoms with Gasteiger partial charge in [0.2, 0.25) is 0 Å². The van der Waals surface area contributed by atoms with Gasteiger partial charge in [0.25, 0.3) is 5.91 Å². The number of esters is 1. The third-order valence-corrected chi connectivity index (χ3v) is 2.25. The monoisotopic (exact) mass is 239 g/mol. The summed E-state index contributed by atoms with van der Waals surface area (Å²) < 4.78 is 6.57. The molecule has 1 aromatic rings. The van der Waals surface area contributed by atoms with Crippen LogP contribution in [0, 0.1) is 0 Å². The van der Waals surface area contributed by atoms with E-state index in [1.165, 1.54) is 13.1 Å². The van der Waals surface area contributed by atoms with Crippen LogP contribution in [-0.4, -0.2) is 30.1 Å². The maximum Gasteiger partial charge on any atom is 0.355 e. The molecule has 1 aromatic heterocycles. The van der Waals surface area contributed by atoms with Crippen molar-refractivity contribution in [1.82, 2.24) is 9.88 Å². The molecule has 0 atom stereocenters. The van der Waals surface area contributed by atoms with Crippen LogP contribution in [0.1, 0.15) is 30.4 Å². The third kappa shape index (κ3) is 3.24. The van der Waals surface area contributed by atoms with Crippen LogP contribution in [0.2, 0.25) is 0 Å². The van der Waals surface area contributed by atoms with Crippen molar-refractivity contribution in [2.75, 3.05) is 19.4 Å². The van der Waals surface area contributed by atoms with Crippen LogP contribution in [0.5, 0.6) is 0 Å². The number of amides is 1. The molecule has 3 N–H and O–H groups in total. The number of hydrogen-bond donors (Lipinski definition) is 2. The van der Waals surface area contributed by atoms with E-state index >= 15 is 0 Å². The maximum atomic E-state index is 11.7. The molecule has 1 heterocycles. The molecule has 0 aliphatic rings. The molecule has 1 rings (SSSR count). The average molecular weight is 239 g/mol. The van der Waals surface area contributed by atoms with Gasteiger partial charge in [-0.05, 0) is 19.9 Å². The lowest BCUT2D eigenvalue weighted by Crippen LogP contribution is -2.25. The van der Waals surface area contributed by atoms with Crippen LogP contribution in [-0.2, 0) is 9.53 Å². The molecule has 0 radical (unpaired) electrons. The molecule has 0 aliphatic carbocycles. The average Bonchev–Trinajstić information content (AvgIpc) is 2.67. The maximum absolute atomic E-state index is 11.7. The van der Waals surface area contributed by atoms with Crippen molar-refractivity contribution in [3.63, 3.8) is 0 Å². The first-order valence-electron chi connectivity index (χ1n) is 5.30. The minimum absolute atomic E-state index is 0.0925. The Kier molecular flexibility index (Phi) is 4.14. The number of nitrogens with zero attached hydrogens (tertiary/aromatic N) is 1. The minimum Gasteiger partial charge on any atom is -0.451 e. The molecular weight excluding hydrogens is 222 g/mol. The molecule has 0 aromatic carbocycles. The SMILES string of the molecule is CNC(=O)COC(=O)c1cc(N)cn1C(C)C. The number of nitrogens with one attached hydrogen (secondary N) is 1. The summed E-state index contributed by atoms with van der Waals surface area (Å²) in [5.74, 6) is -0.909. The van der Waals surface area contributed by atoms with Crippen LogP contribution in [0.3, 0.4) is 0 Å². The number of aromatic nitrogens is 1. The van der Waals surface area contributed by atoms with Crippen LogP contribution < -0.4 is 11.1 Å². The highest BCUT2D eigenvalue weighted by Crippen LogP contribution is 2.17. The third-order valence-electron chi connectivity index (χ3n) is 2.25. The van der Waals surface area contributed by atoms with Crippen molar-refractivity contribution in [3.8, 4) is 0 Å². The van der Waals surface area contributed by atoms with Gasteiger partial charge in [0, 0.05) is 19.3 Å². The summed E-state index contributed by atoms with van der Waals surface area (Å²) >= 11 is 0. The van der Waals surface area contributed by atoms with E-state index in [0.717, 1.165) is 0 Å². The summed E-state index contributed by atoms with van der Waals surface area (Å²) in [6.07, 6.45) is 1.67. The van der Waals surface area contributed by atoms with Crippen molar-refractivity contribution < 1.29 is 14.3 Å². The molecule has 0 aliphatic heterocycles. The second kappa shape index (κ2) is 5.38. The Balaban J connectivity index is 2.78. The first-order valence-corrected chi connectivity index (χ1v) is 5.30. The van der Waals surface area contributed by atoms with E-state index in [4.69, 9.17) is 10.5 Å². The molecule has 17 heavy (non-hydrogen) atoms. The summed E-state index contributed by atoms with van der Waals surface area (Å²) in [4.78, 5) is 22.7. The summed E-state index contributed by atoms with van der Waals surface area (Å²) in [5.41, 5.74) is 6.47. The van der Waals surface area contributed by atoms with Crippen molar-refractivity contribution in [3.05, 3.63) is 18.0 Å². The Morgan fingerprint density at radius 3 is 2.71 bits per heavy atom. The Labute approximate surface area is 99.7 Å². The molecule has 0 fully saturated rings. The fraction of sp³-hybridized carbons (Fsp3) is 0.455. The number of nitrogen functional groups attached to an aromatic ring is 1. The van der Waals surface area contributed by atoms with Crippen LogP contribution >= 0.6 is 0 Å². The Morgan fingerprint density at radius 2 is 2.18 bits per heavy atom. The van der Waals surface area contributed by atoms with E-state index in [1.54, 1.807) is 10.8 Å². The number of ether oxygens (including phenoxy) is 1. The lowest BCUT2D eigenvalue weighted by molar-refractivity contribution is -0.123. The second-order valence-electron chi connectivity index (χ2n) is 3.91. The van der Waals surface area contributed by atoms with Gasteiger partial charge in [-0.2, -0.15) is 0 Å².